The van der Waals surface area contributed by atoms with Crippen LogP contribution in [0.4, 0.5) is 18.3 Å². The van der Waals surface area contributed by atoms with E-state index in [0.717, 1.165) is 107 Å². The van der Waals surface area contributed by atoms with E-state index in [9.17, 15) is 43.5 Å². The van der Waals surface area contributed by atoms with Gasteiger partial charge in [0.1, 0.15) is 0 Å². The quantitative estimate of drug-likeness (QED) is 0.116. The Hall–Kier alpha value is -5.18. The standard InChI is InChI=1S/3C21H33N5O5S.CH3FS/c3*1-14-9-17(24-32(28,29)25(2)3)18(26(14)20(27)30-4)13-31-16-5-6-21(11-15(21)10-16)19-12-22-7-8-23-19;1-3-2/h3*7-8,12,14-18,24H,5-6,9-11,13H2,1-4H3;1H3/t3*14-,15?,16?,17+,18+,21?;/m111./s1. The second-order valence-corrected chi connectivity index (χ2v) is 34.5. The van der Waals surface area contributed by atoms with Gasteiger partial charge < -0.3 is 28.4 Å². The Balaban J connectivity index is 0.000000170. The van der Waals surface area contributed by atoms with E-state index in [2.05, 4.69) is 44.1 Å². The maximum Gasteiger partial charge on any atom is 0.410 e. The Labute approximate surface area is 587 Å². The van der Waals surface area contributed by atoms with Crippen molar-refractivity contribution in [2.24, 2.45) is 17.8 Å². The molecular formula is C64H102FN15O15S4. The van der Waals surface area contributed by atoms with E-state index in [0.29, 0.717) is 37.0 Å². The summed E-state index contributed by atoms with van der Waals surface area (Å²) in [5.74, 6) is 1.58. The van der Waals surface area contributed by atoms with E-state index in [-0.39, 0.29) is 84.7 Å². The van der Waals surface area contributed by atoms with Gasteiger partial charge in [0.15, 0.2) is 0 Å². The van der Waals surface area contributed by atoms with Crippen molar-refractivity contribution in [1.82, 2.24) is 71.7 Å². The fourth-order valence-corrected chi connectivity index (χ4v) is 18.8. The van der Waals surface area contributed by atoms with Crippen LogP contribution in [0.2, 0.25) is 0 Å². The summed E-state index contributed by atoms with van der Waals surface area (Å²) in [6.07, 6.45) is 29.5. The molecule has 3 amide bonds. The third-order valence-electron chi connectivity index (χ3n) is 22.0. The van der Waals surface area contributed by atoms with Crippen LogP contribution in [0, 0.1) is 17.8 Å². The number of halogens is 1. The Kier molecular flexibility index (Phi) is 25.7. The molecule has 6 aliphatic carbocycles. The molecule has 9 unspecified atom stereocenters. The van der Waals surface area contributed by atoms with E-state index in [1.807, 2.05) is 39.4 Å². The van der Waals surface area contributed by atoms with E-state index in [1.165, 1.54) is 69.9 Å². The second-order valence-electron chi connectivity index (χ2n) is 28.4. The predicted molar refractivity (Wildman–Crippen MR) is 366 cm³/mol. The lowest BCUT2D eigenvalue weighted by Gasteiger charge is -2.33. The molecule has 0 aromatic carbocycles. The van der Waals surface area contributed by atoms with E-state index in [1.54, 1.807) is 51.9 Å². The lowest BCUT2D eigenvalue weighted by molar-refractivity contribution is -0.0102. The van der Waals surface area contributed by atoms with Crippen molar-refractivity contribution in [3.8, 4) is 0 Å². The third-order valence-corrected chi connectivity index (χ3v) is 26.7. The SMILES string of the molecule is COC(=O)N1[C@H](C)C[C@H](NS(=O)(=O)N(C)C)[C@@H]1COC1CCC2(c3cnccn3)CC2C1.COC(=O)N1[C@H](C)C[C@H](NS(=O)(=O)N(C)C)[C@@H]1COC1CCC2(c3cnccn3)CC2C1.COC(=O)N1[C@H](C)C[C@H](NS(=O)(=O)N(C)C)[C@@H]1COC1CCC2(c3cnccn3)CC2C1.CSF. The van der Waals surface area contributed by atoms with Crippen molar-refractivity contribution in [1.29, 1.82) is 0 Å². The van der Waals surface area contributed by atoms with E-state index < -0.39 is 85.2 Å². The number of aromatic nitrogens is 6. The lowest BCUT2D eigenvalue weighted by atomic mass is 9.84. The Morgan fingerprint density at radius 1 is 0.485 bits per heavy atom. The van der Waals surface area contributed by atoms with Crippen molar-refractivity contribution < 1.29 is 71.9 Å². The first-order valence-electron chi connectivity index (χ1n) is 33.9. The van der Waals surface area contributed by atoms with Crippen LogP contribution < -0.4 is 14.2 Å². The summed E-state index contributed by atoms with van der Waals surface area (Å²) in [5.41, 5.74) is 3.63. The summed E-state index contributed by atoms with van der Waals surface area (Å²) in [7, 11) is 1.95. The molecule has 12 rings (SSSR count). The highest BCUT2D eigenvalue weighted by Crippen LogP contribution is 2.64. The molecule has 0 spiro atoms. The maximum absolute atomic E-state index is 12.4. The molecule has 554 valence electrons. The van der Waals surface area contributed by atoms with Gasteiger partial charge in [0.05, 0.1) is 94.7 Å². The molecule has 99 heavy (non-hydrogen) atoms. The Morgan fingerprint density at radius 3 is 0.939 bits per heavy atom. The van der Waals surface area contributed by atoms with Crippen molar-refractivity contribution in [2.75, 3.05) is 89.7 Å². The zero-order valence-corrected chi connectivity index (χ0v) is 62.4. The number of nitrogens with one attached hydrogen (secondary N) is 3. The summed E-state index contributed by atoms with van der Waals surface area (Å²) in [5, 5.41) is 0. The number of ether oxygens (including phenoxy) is 6. The van der Waals surface area contributed by atoms with Gasteiger partial charge in [-0.1, -0.05) is 0 Å². The van der Waals surface area contributed by atoms with E-state index >= 15 is 0 Å². The molecule has 3 aromatic heterocycles. The highest BCUT2D eigenvalue weighted by Gasteiger charge is 2.62. The predicted octanol–water partition coefficient (Wildman–Crippen LogP) is 5.13. The van der Waals surface area contributed by atoms with Crippen LogP contribution in [0.1, 0.15) is 134 Å². The number of nitrogens with zero attached hydrogens (tertiary/aromatic N) is 12. The molecule has 3 N–H and O–H groups in total. The molecule has 6 saturated carbocycles. The number of amides is 3. The van der Waals surface area contributed by atoms with Crippen molar-refractivity contribution in [3.63, 3.8) is 0 Å². The van der Waals surface area contributed by atoms with Crippen LogP contribution in [0.25, 0.3) is 0 Å². The average Bonchev–Trinajstić information content (AvgIpc) is 1.58. The largest absolute Gasteiger partial charge is 0.453 e. The minimum atomic E-state index is -3.64. The number of carbonyl (C=O) groups is 3. The van der Waals surface area contributed by atoms with Crippen LogP contribution in [-0.2, 0) is 75.3 Å². The zero-order valence-electron chi connectivity index (χ0n) is 59.1. The number of methoxy groups -OCH3 is 3. The van der Waals surface area contributed by atoms with Gasteiger partial charge in [-0.15, -0.1) is 0 Å². The Morgan fingerprint density at radius 2 is 0.737 bits per heavy atom. The Bertz CT molecular complexity index is 3180. The topological polar surface area (TPSA) is 342 Å². The number of likely N-dealkylation sites (tertiary alicyclic amines) is 3. The minimum absolute atomic E-state index is 0.0776. The second kappa shape index (κ2) is 32.6. The molecule has 0 bridgehead atoms. The van der Waals surface area contributed by atoms with Crippen molar-refractivity contribution in [2.45, 2.75) is 206 Å². The normalized spacial score (nSPS) is 33.5. The summed E-state index contributed by atoms with van der Waals surface area (Å²) in [4.78, 5) is 68.4. The first-order chi connectivity index (χ1) is 46.9. The van der Waals surface area contributed by atoms with Gasteiger partial charge in [0.2, 0.25) is 0 Å². The van der Waals surface area contributed by atoms with Gasteiger partial charge in [0.25, 0.3) is 30.6 Å². The third kappa shape index (κ3) is 17.7. The smallest absolute Gasteiger partial charge is 0.410 e. The molecule has 35 heteroatoms. The number of hydrogen-bond acceptors (Lipinski definition) is 22. The van der Waals surface area contributed by atoms with Crippen LogP contribution in [0.3, 0.4) is 0 Å². The van der Waals surface area contributed by atoms with Crippen LogP contribution in [-0.4, -0.2) is 263 Å². The molecule has 3 aromatic rings. The fourth-order valence-electron chi connectivity index (χ4n) is 16.3. The number of fused-ring (bicyclic) bond motifs is 3. The highest BCUT2D eigenvalue weighted by molar-refractivity contribution is 7.93. The highest BCUT2D eigenvalue weighted by atomic mass is 32.2. The summed E-state index contributed by atoms with van der Waals surface area (Å²) < 4.78 is 130. The molecule has 30 nitrogen and oxygen atoms in total. The molecule has 3 aliphatic heterocycles. The van der Waals surface area contributed by atoms with Crippen LogP contribution in [0.15, 0.2) is 55.8 Å². The number of hydrogen-bond donors (Lipinski definition) is 3. The first kappa shape index (κ1) is 78.0. The first-order valence-corrected chi connectivity index (χ1v) is 39.4. The van der Waals surface area contributed by atoms with Gasteiger partial charge in [-0.2, -0.15) is 56.2 Å². The maximum atomic E-state index is 12.4. The number of rotatable bonds is 21. The average molecular weight is 1470 g/mol. The monoisotopic (exact) mass is 1470 g/mol. The van der Waals surface area contributed by atoms with Gasteiger partial charge in [0, 0.05) is 169 Å². The molecule has 9 fully saturated rings. The molecule has 0 radical (unpaired) electrons. The van der Waals surface area contributed by atoms with Crippen molar-refractivity contribution in [3.05, 3.63) is 72.9 Å². The summed E-state index contributed by atoms with van der Waals surface area (Å²) >= 11 is 0.250. The molecular weight excluding hydrogens is 1370 g/mol. The van der Waals surface area contributed by atoms with Gasteiger partial charge >= 0.3 is 18.3 Å². The molecule has 9 aliphatic rings. The molecule has 6 heterocycles. The van der Waals surface area contributed by atoms with Crippen LogP contribution in [0.5, 0.6) is 0 Å². The lowest BCUT2D eigenvalue weighted by Crippen LogP contribution is -2.52. The van der Waals surface area contributed by atoms with Gasteiger partial charge in [-0.3, -0.25) is 44.6 Å². The summed E-state index contributed by atoms with van der Waals surface area (Å²) in [6.45, 7) is 6.47. The number of carbonyl (C=O) groups excluding carboxylic acids is 3. The van der Waals surface area contributed by atoms with Crippen molar-refractivity contribution >= 4 is 61.1 Å². The molecule has 3 saturated heterocycles. The van der Waals surface area contributed by atoms with Crippen LogP contribution >= 0.6 is 12.1 Å². The minimum Gasteiger partial charge on any atom is -0.453 e. The molecule has 18 atom stereocenters. The summed E-state index contributed by atoms with van der Waals surface area (Å²) in [6, 6.07) is -3.12. The fraction of sp³-hybridized carbons (Fsp3) is 0.766. The van der Waals surface area contributed by atoms with Gasteiger partial charge in [-0.05, 0) is 135 Å². The zero-order chi connectivity index (χ0) is 72.0. The van der Waals surface area contributed by atoms with E-state index in [4.69, 9.17) is 28.4 Å². The van der Waals surface area contributed by atoms with Gasteiger partial charge in [-0.25, -0.2) is 14.4 Å².